The second-order valence-corrected chi connectivity index (χ2v) is 8.96. The van der Waals surface area contributed by atoms with Crippen molar-refractivity contribution in [3.63, 3.8) is 0 Å². The fourth-order valence-electron chi connectivity index (χ4n) is 4.47. The first-order valence-electron chi connectivity index (χ1n) is 12.0. The summed E-state index contributed by atoms with van der Waals surface area (Å²) >= 11 is 0. The van der Waals surface area contributed by atoms with E-state index in [1.807, 2.05) is 43.0 Å². The van der Waals surface area contributed by atoms with Gasteiger partial charge in [0.05, 0.1) is 17.9 Å². The van der Waals surface area contributed by atoms with Crippen LogP contribution < -0.4 is 0 Å². The minimum atomic E-state index is -0.313. The third kappa shape index (κ3) is 7.31. The largest absolute Gasteiger partial charge is 0.462 e. The van der Waals surface area contributed by atoms with Crippen molar-refractivity contribution in [2.75, 3.05) is 19.8 Å². The molecule has 0 aliphatic carbocycles. The molecule has 178 valence electrons. The molecule has 1 unspecified atom stereocenters. The van der Waals surface area contributed by atoms with Gasteiger partial charge < -0.3 is 14.5 Å². The SMILES string of the molecule is Cc1cc(C)c2c(c1)C/C(=N\OCC(=O)N1CCCCC1C)C=CCC/C=C/CCOC2=O. The molecule has 1 fully saturated rings. The maximum absolute atomic E-state index is 12.8. The zero-order chi connectivity index (χ0) is 23.6. The van der Waals surface area contributed by atoms with Crippen molar-refractivity contribution in [2.24, 2.45) is 5.16 Å². The molecular formula is C27H36N2O4. The lowest BCUT2D eigenvalue weighted by Gasteiger charge is -2.32. The number of amides is 1. The van der Waals surface area contributed by atoms with Crippen molar-refractivity contribution in [3.05, 3.63) is 58.7 Å². The number of oxime groups is 1. The summed E-state index contributed by atoms with van der Waals surface area (Å²) in [6, 6.07) is 4.23. The van der Waals surface area contributed by atoms with Crippen molar-refractivity contribution in [3.8, 4) is 0 Å². The predicted molar refractivity (Wildman–Crippen MR) is 130 cm³/mol. The number of esters is 1. The van der Waals surface area contributed by atoms with Crippen molar-refractivity contribution in [2.45, 2.75) is 71.8 Å². The lowest BCUT2D eigenvalue weighted by Crippen LogP contribution is -2.43. The molecule has 1 saturated heterocycles. The molecule has 2 heterocycles. The Labute approximate surface area is 197 Å². The summed E-state index contributed by atoms with van der Waals surface area (Å²) in [4.78, 5) is 32.9. The van der Waals surface area contributed by atoms with Crippen LogP contribution in [0, 0.1) is 13.8 Å². The number of benzene rings is 1. The molecule has 0 N–H and O–H groups in total. The summed E-state index contributed by atoms with van der Waals surface area (Å²) in [6.45, 7) is 7.08. The molecule has 3 rings (SSSR count). The smallest absolute Gasteiger partial charge is 0.338 e. The predicted octanol–water partition coefficient (Wildman–Crippen LogP) is 5.07. The normalized spacial score (nSPS) is 22.3. The second kappa shape index (κ2) is 12.4. The van der Waals surface area contributed by atoms with E-state index in [1.165, 1.54) is 0 Å². The van der Waals surface area contributed by atoms with Crippen LogP contribution in [0.25, 0.3) is 0 Å². The Hall–Kier alpha value is -2.89. The van der Waals surface area contributed by atoms with Crippen LogP contribution in [0.2, 0.25) is 0 Å². The van der Waals surface area contributed by atoms with E-state index >= 15 is 0 Å². The van der Waals surface area contributed by atoms with Gasteiger partial charge >= 0.3 is 5.97 Å². The van der Waals surface area contributed by atoms with Gasteiger partial charge in [-0.05, 0) is 76.5 Å². The zero-order valence-electron chi connectivity index (χ0n) is 20.1. The highest BCUT2D eigenvalue weighted by Gasteiger charge is 2.23. The van der Waals surface area contributed by atoms with E-state index in [-0.39, 0.29) is 24.5 Å². The lowest BCUT2D eigenvalue weighted by molar-refractivity contribution is -0.139. The van der Waals surface area contributed by atoms with Gasteiger partial charge in [0.15, 0.2) is 6.61 Å². The van der Waals surface area contributed by atoms with Gasteiger partial charge in [0, 0.05) is 19.0 Å². The summed E-state index contributed by atoms with van der Waals surface area (Å²) < 4.78 is 5.53. The van der Waals surface area contributed by atoms with E-state index in [1.54, 1.807) is 0 Å². The third-order valence-electron chi connectivity index (χ3n) is 6.12. The fraction of sp³-hybridized carbons (Fsp3) is 0.519. The number of cyclic esters (lactones) is 1. The summed E-state index contributed by atoms with van der Waals surface area (Å²) in [5, 5.41) is 4.31. The van der Waals surface area contributed by atoms with Crippen LogP contribution >= 0.6 is 0 Å². The van der Waals surface area contributed by atoms with Crippen molar-refractivity contribution in [1.29, 1.82) is 0 Å². The molecule has 1 amide bonds. The number of ether oxygens (including phenoxy) is 1. The maximum Gasteiger partial charge on any atom is 0.338 e. The van der Waals surface area contributed by atoms with Crippen LogP contribution in [0.15, 0.2) is 41.6 Å². The molecule has 0 saturated carbocycles. The molecule has 1 aromatic rings. The molecule has 1 atom stereocenters. The van der Waals surface area contributed by atoms with Crippen molar-refractivity contribution < 1.29 is 19.2 Å². The molecule has 33 heavy (non-hydrogen) atoms. The fourth-order valence-corrected chi connectivity index (χ4v) is 4.47. The Morgan fingerprint density at radius 1 is 1.15 bits per heavy atom. The van der Waals surface area contributed by atoms with Crippen LogP contribution in [0.3, 0.4) is 0 Å². The van der Waals surface area contributed by atoms with E-state index in [4.69, 9.17) is 9.57 Å². The summed E-state index contributed by atoms with van der Waals surface area (Å²) in [5.74, 6) is -0.344. The third-order valence-corrected chi connectivity index (χ3v) is 6.12. The van der Waals surface area contributed by atoms with Crippen LogP contribution in [0.5, 0.6) is 0 Å². The first kappa shape index (κ1) is 24.7. The average molecular weight is 453 g/mol. The Morgan fingerprint density at radius 3 is 2.76 bits per heavy atom. The number of carbonyl (C=O) groups is 2. The van der Waals surface area contributed by atoms with Gasteiger partial charge in [-0.3, -0.25) is 4.79 Å². The number of rotatable bonds is 3. The van der Waals surface area contributed by atoms with Gasteiger partial charge in [0.2, 0.25) is 0 Å². The number of allylic oxidation sites excluding steroid dienone is 3. The highest BCUT2D eigenvalue weighted by atomic mass is 16.6. The number of fused-ring (bicyclic) bond motifs is 1. The van der Waals surface area contributed by atoms with Crippen LogP contribution in [0.4, 0.5) is 0 Å². The van der Waals surface area contributed by atoms with Crippen LogP contribution in [0.1, 0.15) is 72.5 Å². The molecule has 0 radical (unpaired) electrons. The number of nitrogens with zero attached hydrogens (tertiary/aromatic N) is 2. The van der Waals surface area contributed by atoms with Crippen molar-refractivity contribution in [1.82, 2.24) is 4.90 Å². The van der Waals surface area contributed by atoms with Gasteiger partial charge in [0.1, 0.15) is 0 Å². The van der Waals surface area contributed by atoms with Gasteiger partial charge in [-0.1, -0.05) is 41.1 Å². The molecule has 0 aromatic heterocycles. The topological polar surface area (TPSA) is 68.2 Å². The Morgan fingerprint density at radius 2 is 1.94 bits per heavy atom. The highest BCUT2D eigenvalue weighted by molar-refractivity contribution is 6.00. The van der Waals surface area contributed by atoms with Crippen LogP contribution in [-0.4, -0.2) is 48.3 Å². The summed E-state index contributed by atoms with van der Waals surface area (Å²) in [5.41, 5.74) is 4.07. The Bertz CT molecular complexity index is 932. The molecule has 2 aliphatic rings. The summed E-state index contributed by atoms with van der Waals surface area (Å²) in [6.07, 6.45) is 14.3. The maximum atomic E-state index is 12.8. The van der Waals surface area contributed by atoms with E-state index in [9.17, 15) is 9.59 Å². The minimum absolute atomic E-state index is 0.0303. The number of piperidine rings is 1. The second-order valence-electron chi connectivity index (χ2n) is 8.96. The monoisotopic (exact) mass is 452 g/mol. The number of aryl methyl sites for hydroxylation is 2. The summed E-state index contributed by atoms with van der Waals surface area (Å²) in [7, 11) is 0. The van der Waals surface area contributed by atoms with Gasteiger partial charge in [-0.2, -0.15) is 0 Å². The molecule has 6 nitrogen and oxygen atoms in total. The minimum Gasteiger partial charge on any atom is -0.462 e. The van der Waals surface area contributed by atoms with Gasteiger partial charge in [0.25, 0.3) is 5.91 Å². The first-order valence-corrected chi connectivity index (χ1v) is 12.0. The highest BCUT2D eigenvalue weighted by Crippen LogP contribution is 2.21. The van der Waals surface area contributed by atoms with Gasteiger partial charge in [-0.25, -0.2) is 4.79 Å². The molecule has 6 heteroatoms. The zero-order valence-corrected chi connectivity index (χ0v) is 20.1. The lowest BCUT2D eigenvalue weighted by atomic mass is 9.95. The standard InChI is InChI=1S/C27H36N2O4/c1-20-16-21(2)26-23(17-20)18-24(13-8-6-4-5-7-11-15-32-27(26)31)28-33-19-25(30)29-14-10-9-12-22(29)3/h5,7-8,13,16-17,22H,4,6,9-12,14-15,18-19H2,1-3H3/b7-5+,13-8?,28-24-. The number of carbonyl (C=O) groups excluding carboxylic acids is 2. The molecule has 0 spiro atoms. The first-order chi connectivity index (χ1) is 16.0. The Kier molecular flexibility index (Phi) is 9.28. The number of hydrogen-bond donors (Lipinski definition) is 0. The van der Waals surface area contributed by atoms with Gasteiger partial charge in [-0.15, -0.1) is 0 Å². The average Bonchev–Trinajstić information content (AvgIpc) is 2.77. The molecule has 0 bridgehead atoms. The number of hydrogen-bond acceptors (Lipinski definition) is 5. The molecule has 1 aromatic carbocycles. The molecular weight excluding hydrogens is 416 g/mol. The van der Waals surface area contributed by atoms with Crippen LogP contribution in [-0.2, 0) is 20.8 Å². The number of likely N-dealkylation sites (tertiary alicyclic amines) is 1. The molecule has 2 aliphatic heterocycles. The van der Waals surface area contributed by atoms with E-state index in [0.717, 1.165) is 55.3 Å². The Balaban J connectivity index is 1.81. The van der Waals surface area contributed by atoms with E-state index in [2.05, 4.69) is 24.2 Å². The van der Waals surface area contributed by atoms with E-state index < -0.39 is 0 Å². The van der Waals surface area contributed by atoms with E-state index in [0.29, 0.717) is 30.7 Å². The van der Waals surface area contributed by atoms with Crippen molar-refractivity contribution >= 4 is 17.6 Å². The quantitative estimate of drug-likeness (QED) is 0.365.